The number of sulfonamides is 1. The van der Waals surface area contributed by atoms with Crippen LogP contribution in [0.2, 0.25) is 0 Å². The Balaban J connectivity index is 1.35. The van der Waals surface area contributed by atoms with Crippen LogP contribution >= 0.6 is 0 Å². The van der Waals surface area contributed by atoms with Crippen LogP contribution in [0.3, 0.4) is 0 Å². The molecule has 0 aromatic heterocycles. The zero-order valence-corrected chi connectivity index (χ0v) is 16.3. The van der Waals surface area contributed by atoms with Crippen molar-refractivity contribution in [2.24, 2.45) is 0 Å². The van der Waals surface area contributed by atoms with Crippen molar-refractivity contribution in [3.63, 3.8) is 0 Å². The van der Waals surface area contributed by atoms with Crippen molar-refractivity contribution in [2.75, 3.05) is 23.6 Å². The van der Waals surface area contributed by atoms with Crippen LogP contribution in [0.5, 0.6) is 0 Å². The van der Waals surface area contributed by atoms with E-state index in [9.17, 15) is 8.42 Å². The molecule has 3 aliphatic heterocycles. The highest BCUT2D eigenvalue weighted by atomic mass is 32.2. The fourth-order valence-electron chi connectivity index (χ4n) is 4.92. The van der Waals surface area contributed by atoms with Gasteiger partial charge in [-0.1, -0.05) is 18.6 Å². The van der Waals surface area contributed by atoms with Crippen molar-refractivity contribution in [3.8, 4) is 0 Å². The molecule has 3 saturated heterocycles. The highest BCUT2D eigenvalue weighted by Gasteiger charge is 2.35. The molecule has 6 heteroatoms. The first kappa shape index (κ1) is 18.3. The zero-order chi connectivity index (χ0) is 18.0. The molecule has 2 unspecified atom stereocenters. The largest absolute Gasteiger partial charge is 0.314 e. The number of rotatable bonds is 6. The van der Waals surface area contributed by atoms with E-state index in [0.29, 0.717) is 24.2 Å². The second-order valence-electron chi connectivity index (χ2n) is 8.11. The molecule has 0 radical (unpaired) electrons. The monoisotopic (exact) mass is 377 g/mol. The topological polar surface area (TPSA) is 61.4 Å². The summed E-state index contributed by atoms with van der Waals surface area (Å²) in [6.07, 6.45) is 9.46. The lowest BCUT2D eigenvalue weighted by atomic mass is 10.0. The molecule has 3 fully saturated rings. The molecule has 3 heterocycles. The van der Waals surface area contributed by atoms with Crippen LogP contribution < -0.4 is 10.0 Å². The summed E-state index contributed by atoms with van der Waals surface area (Å²) in [5, 5.41) is 3.36. The lowest BCUT2D eigenvalue weighted by Gasteiger charge is -2.34. The molecular formula is C20H31N3O2S. The van der Waals surface area contributed by atoms with E-state index in [4.69, 9.17) is 0 Å². The van der Waals surface area contributed by atoms with E-state index in [0.717, 1.165) is 25.4 Å². The van der Waals surface area contributed by atoms with Crippen molar-refractivity contribution in [1.29, 1.82) is 0 Å². The van der Waals surface area contributed by atoms with Gasteiger partial charge in [-0.3, -0.25) is 9.62 Å². The summed E-state index contributed by atoms with van der Waals surface area (Å²) >= 11 is 0. The van der Waals surface area contributed by atoms with E-state index in [1.165, 1.54) is 44.2 Å². The number of fused-ring (bicyclic) bond motifs is 1. The van der Waals surface area contributed by atoms with Crippen LogP contribution in [-0.2, 0) is 10.0 Å². The number of hydrogen-bond acceptors (Lipinski definition) is 4. The molecular weight excluding hydrogens is 346 g/mol. The first-order valence-electron chi connectivity index (χ1n) is 10.2. The van der Waals surface area contributed by atoms with Crippen LogP contribution in [0.25, 0.3) is 0 Å². The Morgan fingerprint density at radius 1 is 1.04 bits per heavy atom. The van der Waals surface area contributed by atoms with Gasteiger partial charge in [-0.2, -0.15) is 0 Å². The van der Waals surface area contributed by atoms with Gasteiger partial charge < -0.3 is 5.32 Å². The van der Waals surface area contributed by atoms with Crippen molar-refractivity contribution < 1.29 is 8.42 Å². The molecule has 4 rings (SSSR count). The van der Waals surface area contributed by atoms with Gasteiger partial charge in [-0.25, -0.2) is 8.42 Å². The lowest BCUT2D eigenvalue weighted by molar-refractivity contribution is 0.150. The minimum absolute atomic E-state index is 0.185. The highest BCUT2D eigenvalue weighted by Crippen LogP contribution is 2.40. The third-order valence-corrected chi connectivity index (χ3v) is 7.63. The lowest BCUT2D eigenvalue weighted by Crippen LogP contribution is -2.35. The molecule has 3 aliphatic rings. The van der Waals surface area contributed by atoms with E-state index in [1.807, 2.05) is 12.1 Å². The van der Waals surface area contributed by atoms with E-state index < -0.39 is 10.0 Å². The molecule has 2 N–H and O–H groups in total. The Morgan fingerprint density at radius 2 is 1.88 bits per heavy atom. The van der Waals surface area contributed by atoms with Gasteiger partial charge >= 0.3 is 0 Å². The van der Waals surface area contributed by atoms with Gasteiger partial charge in [0.2, 0.25) is 10.0 Å². The Morgan fingerprint density at radius 3 is 2.65 bits per heavy atom. The smallest absolute Gasteiger partial charge is 0.232 e. The summed E-state index contributed by atoms with van der Waals surface area (Å²) < 4.78 is 27.4. The van der Waals surface area contributed by atoms with Crippen LogP contribution in [-0.4, -0.2) is 44.2 Å². The number of nitrogens with one attached hydrogen (secondary N) is 2. The van der Waals surface area contributed by atoms with Gasteiger partial charge in [-0.15, -0.1) is 0 Å². The minimum Gasteiger partial charge on any atom is -0.314 e. The molecule has 1 aromatic carbocycles. The molecule has 5 nitrogen and oxygen atoms in total. The quantitative estimate of drug-likeness (QED) is 0.799. The minimum atomic E-state index is -3.27. The molecule has 0 aliphatic carbocycles. The first-order valence-corrected chi connectivity index (χ1v) is 11.9. The Hall–Kier alpha value is -1.11. The Kier molecular flexibility index (Phi) is 5.53. The van der Waals surface area contributed by atoms with Crippen LogP contribution in [0, 0.1) is 0 Å². The van der Waals surface area contributed by atoms with Crippen LogP contribution in [0.15, 0.2) is 24.3 Å². The summed E-state index contributed by atoms with van der Waals surface area (Å²) in [7, 11) is -3.27. The SMILES string of the molecule is O=S(=O)(CCC1CCCN1)Nc1ccc([C@@H]2CCC3CCCCN32)cc1. The average molecular weight is 378 g/mol. The molecule has 0 amide bonds. The van der Waals surface area contributed by atoms with E-state index in [2.05, 4.69) is 27.1 Å². The third-order valence-electron chi connectivity index (χ3n) is 6.31. The molecule has 3 atom stereocenters. The molecule has 144 valence electrons. The zero-order valence-electron chi connectivity index (χ0n) is 15.5. The molecule has 26 heavy (non-hydrogen) atoms. The Bertz CT molecular complexity index is 698. The van der Waals surface area contributed by atoms with Gasteiger partial charge in [0.1, 0.15) is 0 Å². The summed E-state index contributed by atoms with van der Waals surface area (Å²) in [4.78, 5) is 2.66. The van der Waals surface area contributed by atoms with Gasteiger partial charge in [0.15, 0.2) is 0 Å². The standard InChI is InChI=1S/C20H31N3O2S/c24-26(25,15-12-17-4-3-13-21-17)22-18-8-6-16(7-9-18)20-11-10-19-5-1-2-14-23(19)20/h6-9,17,19-22H,1-5,10-15H2/t17?,19?,20-/m0/s1. The number of benzene rings is 1. The molecule has 0 bridgehead atoms. The maximum absolute atomic E-state index is 12.3. The van der Waals surface area contributed by atoms with Crippen molar-refractivity contribution >= 4 is 15.7 Å². The number of piperidine rings is 1. The van der Waals surface area contributed by atoms with Gasteiger partial charge in [0.25, 0.3) is 0 Å². The molecule has 1 aromatic rings. The van der Waals surface area contributed by atoms with Gasteiger partial charge in [-0.05, 0) is 75.7 Å². The summed E-state index contributed by atoms with van der Waals surface area (Å²) in [6, 6.07) is 9.70. The fraction of sp³-hybridized carbons (Fsp3) is 0.700. The van der Waals surface area contributed by atoms with Crippen LogP contribution in [0.4, 0.5) is 5.69 Å². The average Bonchev–Trinajstić information content (AvgIpc) is 3.30. The van der Waals surface area contributed by atoms with Crippen molar-refractivity contribution in [3.05, 3.63) is 29.8 Å². The van der Waals surface area contributed by atoms with Gasteiger partial charge in [0.05, 0.1) is 5.75 Å². The summed E-state index contributed by atoms with van der Waals surface area (Å²) in [5.74, 6) is 0.185. The Labute approximate surface area is 157 Å². The molecule has 0 spiro atoms. The first-order chi connectivity index (χ1) is 12.6. The predicted octanol–water partition coefficient (Wildman–Crippen LogP) is 3.26. The van der Waals surface area contributed by atoms with Crippen molar-refractivity contribution in [2.45, 2.75) is 69.5 Å². The second-order valence-corrected chi connectivity index (χ2v) is 9.95. The summed E-state index contributed by atoms with van der Waals surface area (Å²) in [6.45, 7) is 2.22. The number of hydrogen-bond donors (Lipinski definition) is 2. The predicted molar refractivity (Wildman–Crippen MR) is 106 cm³/mol. The van der Waals surface area contributed by atoms with Crippen LogP contribution in [0.1, 0.15) is 63.0 Å². The van der Waals surface area contributed by atoms with Crippen molar-refractivity contribution in [1.82, 2.24) is 10.2 Å². The van der Waals surface area contributed by atoms with Gasteiger partial charge in [0, 0.05) is 23.8 Å². The fourth-order valence-corrected chi connectivity index (χ4v) is 6.11. The summed E-state index contributed by atoms with van der Waals surface area (Å²) in [5.41, 5.74) is 2.01. The molecule has 0 saturated carbocycles. The maximum atomic E-state index is 12.3. The number of anilines is 1. The highest BCUT2D eigenvalue weighted by molar-refractivity contribution is 7.92. The normalized spacial score (nSPS) is 29.6. The second kappa shape index (κ2) is 7.87. The number of nitrogens with zero attached hydrogens (tertiary/aromatic N) is 1. The third kappa shape index (κ3) is 4.24. The maximum Gasteiger partial charge on any atom is 0.232 e. The van der Waals surface area contributed by atoms with E-state index >= 15 is 0 Å². The van der Waals surface area contributed by atoms with E-state index in [1.54, 1.807) is 0 Å². The van der Waals surface area contributed by atoms with E-state index in [-0.39, 0.29) is 5.75 Å².